The lowest BCUT2D eigenvalue weighted by molar-refractivity contribution is -0.137. The van der Waals surface area contributed by atoms with E-state index in [4.69, 9.17) is 17.3 Å². The highest BCUT2D eigenvalue weighted by molar-refractivity contribution is 6.30. The van der Waals surface area contributed by atoms with Crippen molar-refractivity contribution < 1.29 is 13.2 Å². The van der Waals surface area contributed by atoms with Gasteiger partial charge in [-0.25, -0.2) is 0 Å². The van der Waals surface area contributed by atoms with Gasteiger partial charge in [-0.3, -0.25) is 4.90 Å². The standard InChI is InChI=1S/C14H18ClF3N2/c1-9-2-11(6-19)8-20(9)7-10-3-12(14(16,17)18)5-13(15)4-10/h3-5,9,11H,2,6-8,19H2,1H3. The molecule has 0 bridgehead atoms. The average Bonchev–Trinajstić information content (AvgIpc) is 2.68. The molecule has 1 aliphatic rings. The molecule has 0 aromatic heterocycles. The Hall–Kier alpha value is -0.780. The summed E-state index contributed by atoms with van der Waals surface area (Å²) < 4.78 is 38.3. The maximum atomic E-state index is 12.8. The van der Waals surface area contributed by atoms with Gasteiger partial charge in [0.05, 0.1) is 5.56 Å². The Morgan fingerprint density at radius 2 is 2.05 bits per heavy atom. The van der Waals surface area contributed by atoms with Gasteiger partial charge in [0.2, 0.25) is 0 Å². The molecule has 20 heavy (non-hydrogen) atoms. The van der Waals surface area contributed by atoms with Crippen molar-refractivity contribution >= 4 is 11.6 Å². The molecule has 2 N–H and O–H groups in total. The third-order valence-corrected chi connectivity index (χ3v) is 4.01. The smallest absolute Gasteiger partial charge is 0.330 e. The van der Waals surface area contributed by atoms with E-state index in [-0.39, 0.29) is 5.02 Å². The lowest BCUT2D eigenvalue weighted by atomic mass is 10.1. The van der Waals surface area contributed by atoms with Gasteiger partial charge >= 0.3 is 6.18 Å². The Morgan fingerprint density at radius 1 is 1.35 bits per heavy atom. The molecular weight excluding hydrogens is 289 g/mol. The second-order valence-electron chi connectivity index (χ2n) is 5.46. The summed E-state index contributed by atoms with van der Waals surface area (Å²) in [5.74, 6) is 0.422. The van der Waals surface area contributed by atoms with Crippen LogP contribution in [0.15, 0.2) is 18.2 Å². The number of likely N-dealkylation sites (tertiary alicyclic amines) is 1. The number of hydrogen-bond acceptors (Lipinski definition) is 2. The summed E-state index contributed by atoms with van der Waals surface area (Å²) in [6.45, 7) is 3.99. The molecule has 2 rings (SSSR count). The Morgan fingerprint density at radius 3 is 2.60 bits per heavy atom. The lowest BCUT2D eigenvalue weighted by Gasteiger charge is -2.21. The molecule has 0 saturated carbocycles. The Bertz CT molecular complexity index is 476. The summed E-state index contributed by atoms with van der Waals surface area (Å²) in [4.78, 5) is 2.16. The lowest BCUT2D eigenvalue weighted by Crippen LogP contribution is -2.27. The Balaban J connectivity index is 2.16. The minimum Gasteiger partial charge on any atom is -0.330 e. The quantitative estimate of drug-likeness (QED) is 0.925. The first-order valence-corrected chi connectivity index (χ1v) is 6.98. The van der Waals surface area contributed by atoms with E-state index in [1.165, 1.54) is 6.07 Å². The number of nitrogens with zero attached hydrogens (tertiary/aromatic N) is 1. The second kappa shape index (κ2) is 5.92. The van der Waals surface area contributed by atoms with Crippen molar-refractivity contribution in [1.82, 2.24) is 4.90 Å². The summed E-state index contributed by atoms with van der Waals surface area (Å²) in [5.41, 5.74) is 5.56. The zero-order chi connectivity index (χ0) is 14.9. The Labute approximate surface area is 121 Å². The maximum Gasteiger partial charge on any atom is 0.416 e. The topological polar surface area (TPSA) is 29.3 Å². The van der Waals surface area contributed by atoms with Crippen LogP contribution in [0.25, 0.3) is 0 Å². The summed E-state index contributed by atoms with van der Waals surface area (Å²) in [6, 6.07) is 4.06. The van der Waals surface area contributed by atoms with Gasteiger partial charge in [-0.2, -0.15) is 13.2 Å². The van der Waals surface area contributed by atoms with E-state index < -0.39 is 11.7 Å². The molecule has 6 heteroatoms. The van der Waals surface area contributed by atoms with Crippen LogP contribution < -0.4 is 5.73 Å². The number of nitrogens with two attached hydrogens (primary N) is 1. The largest absolute Gasteiger partial charge is 0.416 e. The van der Waals surface area contributed by atoms with Crippen molar-refractivity contribution in [3.8, 4) is 0 Å². The van der Waals surface area contributed by atoms with Crippen LogP contribution in [0.1, 0.15) is 24.5 Å². The molecule has 0 radical (unpaired) electrons. The van der Waals surface area contributed by atoms with Gasteiger partial charge in [0, 0.05) is 24.2 Å². The predicted molar refractivity (Wildman–Crippen MR) is 73.5 cm³/mol. The van der Waals surface area contributed by atoms with E-state index in [2.05, 4.69) is 11.8 Å². The van der Waals surface area contributed by atoms with E-state index in [0.717, 1.165) is 19.0 Å². The van der Waals surface area contributed by atoms with Crippen LogP contribution in [-0.4, -0.2) is 24.0 Å². The molecule has 112 valence electrons. The first kappa shape index (κ1) is 15.6. The molecule has 0 aliphatic carbocycles. The van der Waals surface area contributed by atoms with Gasteiger partial charge in [0.1, 0.15) is 0 Å². The summed E-state index contributed by atoms with van der Waals surface area (Å²) in [6.07, 6.45) is -3.38. The molecule has 1 aromatic rings. The van der Waals surface area contributed by atoms with Gasteiger partial charge in [0.25, 0.3) is 0 Å². The van der Waals surface area contributed by atoms with E-state index in [9.17, 15) is 13.2 Å². The van der Waals surface area contributed by atoms with E-state index in [1.54, 1.807) is 6.07 Å². The van der Waals surface area contributed by atoms with Gasteiger partial charge in [-0.1, -0.05) is 11.6 Å². The molecule has 1 fully saturated rings. The normalized spacial score (nSPS) is 24.3. The third kappa shape index (κ3) is 3.65. The highest BCUT2D eigenvalue weighted by Gasteiger charge is 2.32. The van der Waals surface area contributed by atoms with E-state index in [1.807, 2.05) is 0 Å². The fourth-order valence-electron chi connectivity index (χ4n) is 2.75. The first-order valence-electron chi connectivity index (χ1n) is 6.60. The van der Waals surface area contributed by atoms with Crippen molar-refractivity contribution in [3.63, 3.8) is 0 Å². The number of benzene rings is 1. The summed E-state index contributed by atoms with van der Waals surface area (Å²) >= 11 is 5.80. The van der Waals surface area contributed by atoms with Crippen molar-refractivity contribution in [3.05, 3.63) is 34.3 Å². The van der Waals surface area contributed by atoms with Gasteiger partial charge in [-0.05, 0) is 49.6 Å². The minimum absolute atomic E-state index is 0.122. The average molecular weight is 307 g/mol. The van der Waals surface area contributed by atoms with Crippen molar-refractivity contribution in [2.24, 2.45) is 11.7 Å². The second-order valence-corrected chi connectivity index (χ2v) is 5.90. The molecule has 0 spiro atoms. The van der Waals surface area contributed by atoms with Crippen molar-refractivity contribution in [2.75, 3.05) is 13.1 Å². The van der Waals surface area contributed by atoms with Crippen molar-refractivity contribution in [1.29, 1.82) is 0 Å². The summed E-state index contributed by atoms with van der Waals surface area (Å²) in [7, 11) is 0. The van der Waals surface area contributed by atoms with Crippen LogP contribution in [-0.2, 0) is 12.7 Å². The van der Waals surface area contributed by atoms with Crippen LogP contribution in [0, 0.1) is 5.92 Å². The first-order chi connectivity index (χ1) is 9.29. The SMILES string of the molecule is CC1CC(CN)CN1Cc1cc(Cl)cc(C(F)(F)F)c1. The molecule has 2 atom stereocenters. The number of hydrogen-bond donors (Lipinski definition) is 1. The van der Waals surface area contributed by atoms with Crippen LogP contribution in [0.5, 0.6) is 0 Å². The molecular formula is C14H18ClF3N2. The molecule has 1 saturated heterocycles. The van der Waals surface area contributed by atoms with E-state index in [0.29, 0.717) is 30.6 Å². The predicted octanol–water partition coefficient (Wildman–Crippen LogP) is 3.53. The maximum absolute atomic E-state index is 12.8. The molecule has 1 heterocycles. The van der Waals surface area contributed by atoms with Gasteiger partial charge in [-0.15, -0.1) is 0 Å². The minimum atomic E-state index is -4.37. The van der Waals surface area contributed by atoms with Gasteiger partial charge in [0.15, 0.2) is 0 Å². The fourth-order valence-corrected chi connectivity index (χ4v) is 3.01. The molecule has 2 nitrogen and oxygen atoms in total. The molecule has 1 aromatic carbocycles. The zero-order valence-electron chi connectivity index (χ0n) is 11.3. The van der Waals surface area contributed by atoms with Crippen LogP contribution >= 0.6 is 11.6 Å². The van der Waals surface area contributed by atoms with E-state index >= 15 is 0 Å². The molecule has 2 unspecified atom stereocenters. The zero-order valence-corrected chi connectivity index (χ0v) is 12.0. The number of alkyl halides is 3. The highest BCUT2D eigenvalue weighted by atomic mass is 35.5. The Kier molecular flexibility index (Phi) is 4.62. The third-order valence-electron chi connectivity index (χ3n) is 3.79. The molecule has 0 amide bonds. The summed E-state index contributed by atoms with van der Waals surface area (Å²) in [5, 5.41) is 0.122. The van der Waals surface area contributed by atoms with Crippen LogP contribution in [0.2, 0.25) is 5.02 Å². The van der Waals surface area contributed by atoms with Crippen molar-refractivity contribution in [2.45, 2.75) is 32.1 Å². The number of halogens is 4. The molecule has 1 aliphatic heterocycles. The number of rotatable bonds is 3. The van der Waals surface area contributed by atoms with Gasteiger partial charge < -0.3 is 5.73 Å². The van der Waals surface area contributed by atoms with Crippen LogP contribution in [0.4, 0.5) is 13.2 Å². The monoisotopic (exact) mass is 306 g/mol. The highest BCUT2D eigenvalue weighted by Crippen LogP contribution is 2.33. The fraction of sp³-hybridized carbons (Fsp3) is 0.571. The van der Waals surface area contributed by atoms with Crippen LogP contribution in [0.3, 0.4) is 0 Å².